The van der Waals surface area contributed by atoms with E-state index in [-0.39, 0.29) is 5.91 Å². The molecule has 0 radical (unpaired) electrons. The molecule has 1 fully saturated rings. The number of nitrogens with one attached hydrogen (secondary N) is 2. The molecule has 4 heteroatoms. The second-order valence-electron chi connectivity index (χ2n) is 5.23. The van der Waals surface area contributed by atoms with E-state index in [0.717, 1.165) is 38.5 Å². The van der Waals surface area contributed by atoms with Crippen molar-refractivity contribution in [2.24, 2.45) is 5.73 Å². The van der Waals surface area contributed by atoms with Gasteiger partial charge in [-0.05, 0) is 50.7 Å². The van der Waals surface area contributed by atoms with Crippen LogP contribution in [0.4, 0.5) is 0 Å². The van der Waals surface area contributed by atoms with Gasteiger partial charge in [0, 0.05) is 30.4 Å². The third-order valence-corrected chi connectivity index (χ3v) is 3.65. The maximum absolute atomic E-state index is 11.8. The molecule has 0 bridgehead atoms. The molecule has 1 aliphatic carbocycles. The number of hydrogen-bond donors (Lipinski definition) is 3. The molecule has 0 spiro atoms. The highest BCUT2D eigenvalue weighted by Gasteiger charge is 2.19. The first kappa shape index (κ1) is 13.1. The third-order valence-electron chi connectivity index (χ3n) is 3.65. The van der Waals surface area contributed by atoms with Crippen LogP contribution < -0.4 is 11.1 Å². The Hall–Kier alpha value is -1.29. The van der Waals surface area contributed by atoms with E-state index in [4.69, 9.17) is 5.73 Å². The molecule has 1 aliphatic rings. The van der Waals surface area contributed by atoms with Gasteiger partial charge in [0.2, 0.25) is 5.91 Å². The van der Waals surface area contributed by atoms with Gasteiger partial charge in [0.15, 0.2) is 0 Å². The second kappa shape index (κ2) is 6.59. The smallest absolute Gasteiger partial charge is 0.220 e. The quantitative estimate of drug-likeness (QED) is 0.743. The molecule has 0 aromatic carbocycles. The highest BCUT2D eigenvalue weighted by molar-refractivity contribution is 5.76. The summed E-state index contributed by atoms with van der Waals surface area (Å²) in [5.41, 5.74) is 7.05. The van der Waals surface area contributed by atoms with Crippen LogP contribution in [0.25, 0.3) is 0 Å². The zero-order valence-corrected chi connectivity index (χ0v) is 10.8. The molecule has 2 rings (SSSR count). The van der Waals surface area contributed by atoms with Crippen molar-refractivity contribution in [3.8, 4) is 0 Å². The zero-order chi connectivity index (χ0) is 12.8. The number of H-pyrrole nitrogens is 1. The molecule has 1 aromatic heterocycles. The number of carbonyl (C=O) groups is 1. The summed E-state index contributed by atoms with van der Waals surface area (Å²) in [5.74, 6) is 0.182. The van der Waals surface area contributed by atoms with Gasteiger partial charge in [-0.25, -0.2) is 0 Å². The van der Waals surface area contributed by atoms with Gasteiger partial charge in [0.05, 0.1) is 0 Å². The summed E-state index contributed by atoms with van der Waals surface area (Å²) in [4.78, 5) is 14.9. The van der Waals surface area contributed by atoms with Gasteiger partial charge in [-0.3, -0.25) is 4.79 Å². The molecule has 0 unspecified atom stereocenters. The van der Waals surface area contributed by atoms with Crippen LogP contribution in [-0.2, 0) is 11.2 Å². The molecule has 100 valence electrons. The predicted molar refractivity (Wildman–Crippen MR) is 72.1 cm³/mol. The van der Waals surface area contributed by atoms with Crippen molar-refractivity contribution in [1.29, 1.82) is 0 Å². The van der Waals surface area contributed by atoms with E-state index in [9.17, 15) is 4.79 Å². The lowest BCUT2D eigenvalue weighted by Crippen LogP contribution is -2.40. The Balaban J connectivity index is 1.60. The highest BCUT2D eigenvalue weighted by Crippen LogP contribution is 2.17. The van der Waals surface area contributed by atoms with Crippen LogP contribution in [0.2, 0.25) is 0 Å². The second-order valence-corrected chi connectivity index (χ2v) is 5.23. The number of aromatic nitrogens is 1. The minimum atomic E-state index is 0.182. The molecule has 1 amide bonds. The molecular weight excluding hydrogens is 226 g/mol. The Morgan fingerprint density at radius 1 is 1.39 bits per heavy atom. The average molecular weight is 249 g/mol. The SMILES string of the molecule is NC1CCC(NC(=O)CCCc2ccc[nH]2)CC1. The van der Waals surface area contributed by atoms with Gasteiger partial charge in [0.25, 0.3) is 0 Å². The lowest BCUT2D eigenvalue weighted by atomic mass is 9.92. The van der Waals surface area contributed by atoms with Gasteiger partial charge in [-0.15, -0.1) is 0 Å². The fourth-order valence-electron chi connectivity index (χ4n) is 2.53. The van der Waals surface area contributed by atoms with E-state index < -0.39 is 0 Å². The first-order chi connectivity index (χ1) is 8.74. The van der Waals surface area contributed by atoms with E-state index in [1.54, 1.807) is 0 Å². The summed E-state index contributed by atoms with van der Waals surface area (Å²) in [6.45, 7) is 0. The van der Waals surface area contributed by atoms with Crippen molar-refractivity contribution < 1.29 is 4.79 Å². The van der Waals surface area contributed by atoms with Crippen LogP contribution in [0.15, 0.2) is 18.3 Å². The van der Waals surface area contributed by atoms with Crippen molar-refractivity contribution in [2.75, 3.05) is 0 Å². The minimum Gasteiger partial charge on any atom is -0.365 e. The molecule has 4 nitrogen and oxygen atoms in total. The number of aryl methyl sites for hydroxylation is 1. The Morgan fingerprint density at radius 2 is 2.17 bits per heavy atom. The Kier molecular flexibility index (Phi) is 4.81. The van der Waals surface area contributed by atoms with Crippen molar-refractivity contribution in [3.05, 3.63) is 24.0 Å². The fourth-order valence-corrected chi connectivity index (χ4v) is 2.53. The van der Waals surface area contributed by atoms with Crippen molar-refractivity contribution >= 4 is 5.91 Å². The lowest BCUT2D eigenvalue weighted by Gasteiger charge is -2.26. The van der Waals surface area contributed by atoms with Crippen LogP contribution in [0.5, 0.6) is 0 Å². The molecule has 0 saturated heterocycles. The van der Waals surface area contributed by atoms with Gasteiger partial charge in [-0.1, -0.05) is 0 Å². The first-order valence-corrected chi connectivity index (χ1v) is 6.91. The van der Waals surface area contributed by atoms with E-state index in [2.05, 4.69) is 16.4 Å². The summed E-state index contributed by atoms with van der Waals surface area (Å²) in [7, 11) is 0. The summed E-state index contributed by atoms with van der Waals surface area (Å²) in [6.07, 6.45) is 8.50. The Bertz CT molecular complexity index is 353. The zero-order valence-electron chi connectivity index (χ0n) is 10.8. The highest BCUT2D eigenvalue weighted by atomic mass is 16.1. The van der Waals surface area contributed by atoms with Gasteiger partial charge < -0.3 is 16.0 Å². The predicted octanol–water partition coefficient (Wildman–Crippen LogP) is 1.72. The van der Waals surface area contributed by atoms with Gasteiger partial charge in [0.1, 0.15) is 0 Å². The molecule has 1 saturated carbocycles. The number of rotatable bonds is 5. The summed E-state index contributed by atoms with van der Waals surface area (Å²) < 4.78 is 0. The molecule has 0 aliphatic heterocycles. The lowest BCUT2D eigenvalue weighted by molar-refractivity contribution is -0.122. The normalized spacial score (nSPS) is 23.8. The summed E-state index contributed by atoms with van der Waals surface area (Å²) in [5, 5.41) is 3.11. The largest absolute Gasteiger partial charge is 0.365 e. The van der Waals surface area contributed by atoms with Crippen molar-refractivity contribution in [3.63, 3.8) is 0 Å². The van der Waals surface area contributed by atoms with E-state index >= 15 is 0 Å². The van der Waals surface area contributed by atoms with E-state index in [1.165, 1.54) is 5.69 Å². The van der Waals surface area contributed by atoms with Crippen LogP contribution in [-0.4, -0.2) is 23.0 Å². The molecule has 0 atom stereocenters. The maximum atomic E-state index is 11.8. The van der Waals surface area contributed by atoms with Crippen LogP contribution in [0, 0.1) is 0 Å². The molecule has 18 heavy (non-hydrogen) atoms. The number of nitrogens with two attached hydrogens (primary N) is 1. The van der Waals surface area contributed by atoms with E-state index in [0.29, 0.717) is 18.5 Å². The van der Waals surface area contributed by atoms with Gasteiger partial charge >= 0.3 is 0 Å². The molecule has 1 heterocycles. The average Bonchev–Trinajstić information content (AvgIpc) is 2.85. The molecular formula is C14H23N3O. The number of aromatic amines is 1. The standard InChI is InChI=1S/C14H23N3O/c15-11-6-8-13(9-7-11)17-14(18)5-1-3-12-4-2-10-16-12/h2,4,10-11,13,16H,1,3,5-9,15H2,(H,17,18). The number of amides is 1. The van der Waals surface area contributed by atoms with Crippen molar-refractivity contribution in [1.82, 2.24) is 10.3 Å². The number of hydrogen-bond acceptors (Lipinski definition) is 2. The van der Waals surface area contributed by atoms with Crippen LogP contribution in [0.3, 0.4) is 0 Å². The summed E-state index contributed by atoms with van der Waals surface area (Å²) in [6, 6.07) is 4.73. The van der Waals surface area contributed by atoms with Crippen LogP contribution in [0.1, 0.15) is 44.2 Å². The summed E-state index contributed by atoms with van der Waals surface area (Å²) >= 11 is 0. The van der Waals surface area contributed by atoms with E-state index in [1.807, 2.05) is 12.3 Å². The van der Waals surface area contributed by atoms with Gasteiger partial charge in [-0.2, -0.15) is 0 Å². The molecule has 1 aromatic rings. The third kappa shape index (κ3) is 4.18. The monoisotopic (exact) mass is 249 g/mol. The first-order valence-electron chi connectivity index (χ1n) is 6.91. The Morgan fingerprint density at radius 3 is 2.83 bits per heavy atom. The molecule has 4 N–H and O–H groups in total. The fraction of sp³-hybridized carbons (Fsp3) is 0.643. The Labute approximate surface area is 108 Å². The topological polar surface area (TPSA) is 70.9 Å². The van der Waals surface area contributed by atoms with Crippen molar-refractivity contribution in [2.45, 2.75) is 57.0 Å². The maximum Gasteiger partial charge on any atom is 0.220 e. The number of carbonyl (C=O) groups excluding carboxylic acids is 1. The minimum absolute atomic E-state index is 0.182. The van der Waals surface area contributed by atoms with Crippen LogP contribution >= 0.6 is 0 Å².